The van der Waals surface area contributed by atoms with Gasteiger partial charge in [-0.1, -0.05) is 0 Å². The van der Waals surface area contributed by atoms with E-state index >= 15 is 0 Å². The van der Waals surface area contributed by atoms with E-state index in [2.05, 4.69) is 16.8 Å². The molecule has 0 amide bonds. The predicted molar refractivity (Wildman–Crippen MR) is 100 cm³/mol. The number of rotatable bonds is 6. The summed E-state index contributed by atoms with van der Waals surface area (Å²) in [7, 11) is 2.28. The van der Waals surface area contributed by atoms with Crippen LogP contribution in [0.25, 0.3) is 0 Å². The van der Waals surface area contributed by atoms with Gasteiger partial charge in [0, 0.05) is 31.1 Å². The lowest BCUT2D eigenvalue weighted by Crippen LogP contribution is -2.50. The Morgan fingerprint density at radius 2 is 1.80 bits per heavy atom. The van der Waals surface area contributed by atoms with Crippen LogP contribution in [0.1, 0.15) is 44.9 Å². The number of fused-ring (bicyclic) bond motifs is 2. The molecule has 3 heterocycles. The topological polar surface area (TPSA) is 87.3 Å². The number of ether oxygens (including phenoxy) is 1. The molecule has 3 unspecified atom stereocenters. The fourth-order valence-corrected chi connectivity index (χ4v) is 4.58. The van der Waals surface area contributed by atoms with Crippen molar-refractivity contribution in [2.24, 2.45) is 5.92 Å². The second kappa shape index (κ2) is 11.6. The summed E-state index contributed by atoms with van der Waals surface area (Å²) in [5.41, 5.74) is 0. The molecule has 0 aromatic rings. The summed E-state index contributed by atoms with van der Waals surface area (Å²) in [4.78, 5) is 15.5. The average molecular weight is 400 g/mol. The molecule has 3 atom stereocenters. The van der Waals surface area contributed by atoms with E-state index < -0.39 is 5.97 Å². The van der Waals surface area contributed by atoms with E-state index in [0.717, 1.165) is 51.2 Å². The van der Waals surface area contributed by atoms with Gasteiger partial charge < -0.3 is 25.0 Å². The highest BCUT2D eigenvalue weighted by Crippen LogP contribution is 2.39. The number of carbonyl (C=O) groups excluding carboxylic acids is 1. The molecular weight excluding hydrogens is 367 g/mol. The maximum absolute atomic E-state index is 10.5. The van der Waals surface area contributed by atoms with E-state index in [9.17, 15) is 9.90 Å². The molecule has 6 nitrogen and oxygen atoms in total. The Balaban J connectivity index is 0.00000192. The molecule has 0 aliphatic carbocycles. The van der Waals surface area contributed by atoms with Crippen LogP contribution in [-0.4, -0.2) is 72.7 Å². The Morgan fingerprint density at radius 3 is 2.40 bits per heavy atom. The summed E-state index contributed by atoms with van der Waals surface area (Å²) in [6.07, 6.45) is 7.53. The molecule has 2 bridgehead atoms. The highest BCUT2D eigenvalue weighted by atomic mass is 35.5. The molecule has 0 spiro atoms. The van der Waals surface area contributed by atoms with Crippen molar-refractivity contribution in [1.29, 1.82) is 0 Å². The summed E-state index contributed by atoms with van der Waals surface area (Å²) >= 11 is 0. The highest BCUT2D eigenvalue weighted by molar-refractivity contribution is 5.85. The number of aliphatic carboxylic acids is 1. The van der Waals surface area contributed by atoms with Crippen molar-refractivity contribution in [3.8, 4) is 0 Å². The quantitative estimate of drug-likeness (QED) is 0.606. The first-order valence-electron chi connectivity index (χ1n) is 8.89. The number of hydrogen-bond acceptors (Lipinski definition) is 5. The maximum Gasteiger partial charge on any atom is 0.0731 e. The molecule has 150 valence electrons. The number of carboxylic acids is 1. The lowest BCUT2D eigenvalue weighted by Gasteiger charge is -2.43. The van der Waals surface area contributed by atoms with Gasteiger partial charge in [-0.05, 0) is 64.5 Å². The third-order valence-electron chi connectivity index (χ3n) is 5.94. The Kier molecular flexibility index (Phi) is 11.5. The highest BCUT2D eigenvalue weighted by Gasteiger charge is 2.42. The largest absolute Gasteiger partial charge is 0.550 e. The number of hydrogen-bond donors (Lipinski definition) is 0. The Labute approximate surface area is 163 Å². The molecule has 3 saturated heterocycles. The molecule has 0 radical (unpaired) electrons. The number of piperidine rings is 1. The minimum absolute atomic E-state index is 0. The zero-order valence-corrected chi connectivity index (χ0v) is 16.7. The Bertz CT molecular complexity index is 389. The maximum atomic E-state index is 10.5. The van der Waals surface area contributed by atoms with Gasteiger partial charge in [-0.3, -0.25) is 4.90 Å². The van der Waals surface area contributed by atoms with Gasteiger partial charge in [0.25, 0.3) is 0 Å². The summed E-state index contributed by atoms with van der Waals surface area (Å²) < 4.78 is 6.09. The third-order valence-corrected chi connectivity index (χ3v) is 5.94. The first-order valence-corrected chi connectivity index (χ1v) is 8.89. The number of halogens is 2. The molecule has 3 aliphatic heterocycles. The van der Waals surface area contributed by atoms with Gasteiger partial charge in [0.05, 0.1) is 12.7 Å². The van der Waals surface area contributed by atoms with Crippen LogP contribution in [-0.2, 0) is 9.53 Å². The molecular formula is C17H33Cl2N2O4-. The van der Waals surface area contributed by atoms with Gasteiger partial charge in [-0.15, -0.1) is 24.8 Å². The molecule has 0 aromatic carbocycles. The van der Waals surface area contributed by atoms with Crippen molar-refractivity contribution in [3.63, 3.8) is 0 Å². The van der Waals surface area contributed by atoms with E-state index in [0.29, 0.717) is 12.0 Å². The van der Waals surface area contributed by atoms with Gasteiger partial charge in [0.2, 0.25) is 0 Å². The summed E-state index contributed by atoms with van der Waals surface area (Å²) in [6, 6.07) is 1.54. The first-order chi connectivity index (χ1) is 10.6. The zero-order chi connectivity index (χ0) is 15.5. The molecule has 25 heavy (non-hydrogen) atoms. The number of carboxylic acid groups (broad SMARTS) is 1. The smallest absolute Gasteiger partial charge is 0.0731 e. The van der Waals surface area contributed by atoms with Crippen LogP contribution >= 0.6 is 24.8 Å². The van der Waals surface area contributed by atoms with Crippen molar-refractivity contribution in [3.05, 3.63) is 0 Å². The van der Waals surface area contributed by atoms with Crippen LogP contribution in [0.3, 0.4) is 0 Å². The van der Waals surface area contributed by atoms with E-state index in [-0.39, 0.29) is 36.7 Å². The number of unbranched alkanes of at least 4 members (excludes halogenated alkanes) is 1. The molecule has 3 rings (SSSR count). The second-order valence-corrected chi connectivity index (χ2v) is 7.32. The third kappa shape index (κ3) is 6.52. The van der Waals surface area contributed by atoms with Crippen LogP contribution in [0.5, 0.6) is 0 Å². The normalized spacial score (nSPS) is 32.2. The van der Waals surface area contributed by atoms with Crippen LogP contribution in [0.2, 0.25) is 0 Å². The summed E-state index contributed by atoms with van der Waals surface area (Å²) in [6.45, 7) is 3.83. The van der Waals surface area contributed by atoms with Crippen molar-refractivity contribution >= 4 is 30.8 Å². The van der Waals surface area contributed by atoms with Crippen LogP contribution in [0.4, 0.5) is 0 Å². The van der Waals surface area contributed by atoms with Crippen LogP contribution < -0.4 is 5.11 Å². The minimum atomic E-state index is -0.929. The van der Waals surface area contributed by atoms with Crippen molar-refractivity contribution in [1.82, 2.24) is 9.80 Å². The van der Waals surface area contributed by atoms with E-state index in [1.54, 1.807) is 0 Å². The monoisotopic (exact) mass is 399 g/mol. The van der Waals surface area contributed by atoms with Crippen LogP contribution in [0.15, 0.2) is 0 Å². The number of morpholine rings is 1. The fraction of sp³-hybridized carbons (Fsp3) is 0.941. The molecule has 3 aliphatic rings. The van der Waals surface area contributed by atoms with Crippen molar-refractivity contribution in [2.75, 3.05) is 33.3 Å². The van der Waals surface area contributed by atoms with Gasteiger partial charge in [-0.2, -0.15) is 0 Å². The van der Waals surface area contributed by atoms with Crippen LogP contribution in [0, 0.1) is 5.92 Å². The van der Waals surface area contributed by atoms with E-state index in [1.807, 2.05) is 0 Å². The lowest BCUT2D eigenvalue weighted by molar-refractivity contribution is -0.305. The van der Waals surface area contributed by atoms with E-state index in [4.69, 9.17) is 4.74 Å². The lowest BCUT2D eigenvalue weighted by atomic mass is 9.86. The summed E-state index contributed by atoms with van der Waals surface area (Å²) in [5.74, 6) is -0.221. The number of nitrogens with zero attached hydrogens (tertiary/aromatic N) is 2. The van der Waals surface area contributed by atoms with Gasteiger partial charge in [-0.25, -0.2) is 0 Å². The molecule has 0 aromatic heterocycles. The Hall–Kier alpha value is -0.110. The van der Waals surface area contributed by atoms with Gasteiger partial charge >= 0.3 is 0 Å². The predicted octanol–water partition coefficient (Wildman–Crippen LogP) is 0.499. The molecule has 2 N–H and O–H groups in total. The molecule has 8 heteroatoms. The first kappa shape index (κ1) is 24.9. The zero-order valence-electron chi connectivity index (χ0n) is 15.0. The Morgan fingerprint density at radius 1 is 1.16 bits per heavy atom. The van der Waals surface area contributed by atoms with Crippen molar-refractivity contribution < 1.29 is 20.1 Å². The average Bonchev–Trinajstić information content (AvgIpc) is 2.74. The standard InChI is InChI=1S/C17H30N2O3.2ClH.H2O/c1-18-14-5-6-15(18)11-13(10-14)16-12-19(8-9-22-16)7-3-2-4-17(20)21;;;/h13-16H,2-12H2,1H3,(H,20,21);2*1H;1H2/p-1. The van der Waals surface area contributed by atoms with Gasteiger partial charge in [0.15, 0.2) is 0 Å². The van der Waals surface area contributed by atoms with E-state index in [1.165, 1.54) is 25.7 Å². The summed E-state index contributed by atoms with van der Waals surface area (Å²) in [5, 5.41) is 10.5. The van der Waals surface area contributed by atoms with Crippen molar-refractivity contribution in [2.45, 2.75) is 63.1 Å². The number of carbonyl (C=O) groups is 1. The second-order valence-electron chi connectivity index (χ2n) is 7.32. The minimum Gasteiger partial charge on any atom is -0.550 e. The SMILES string of the molecule is CN1C2CCC1CC(C1CN(CCCCC(=O)[O-])CCO1)C2.Cl.Cl.O. The fourth-order valence-electron chi connectivity index (χ4n) is 4.58. The van der Waals surface area contributed by atoms with Gasteiger partial charge in [0.1, 0.15) is 0 Å². The molecule has 3 fully saturated rings. The molecule has 0 saturated carbocycles.